The molecule has 1 aliphatic carbocycles. The van der Waals surface area contributed by atoms with Crippen molar-refractivity contribution in [2.45, 2.75) is 5.41 Å². The van der Waals surface area contributed by atoms with Crippen molar-refractivity contribution in [3.63, 3.8) is 0 Å². The first-order chi connectivity index (χ1) is 26.2. The van der Waals surface area contributed by atoms with Gasteiger partial charge in [-0.3, -0.25) is 0 Å². The molecule has 0 bridgehead atoms. The number of aromatic nitrogens is 3. The third kappa shape index (κ3) is 4.57. The highest BCUT2D eigenvalue weighted by Gasteiger charge is 2.51. The van der Waals surface area contributed by atoms with Crippen LogP contribution in [0.4, 0.5) is 0 Å². The molecule has 1 spiro atoms. The summed E-state index contributed by atoms with van der Waals surface area (Å²) < 4.78 is 8.00. The maximum Gasteiger partial charge on any atom is 0.164 e. The van der Waals surface area contributed by atoms with Gasteiger partial charge in [0.2, 0.25) is 0 Å². The minimum absolute atomic E-state index is 0.531. The van der Waals surface area contributed by atoms with E-state index in [1.165, 1.54) is 37.9 Å². The Bertz CT molecular complexity index is 2810. The van der Waals surface area contributed by atoms with Gasteiger partial charge < -0.3 is 4.74 Å². The Morgan fingerprint density at radius 3 is 1.68 bits per heavy atom. The van der Waals surface area contributed by atoms with E-state index in [1.54, 1.807) is 11.3 Å². The molecule has 0 saturated carbocycles. The first kappa shape index (κ1) is 30.0. The first-order valence-electron chi connectivity index (χ1n) is 17.8. The van der Waals surface area contributed by atoms with Crippen molar-refractivity contribution < 1.29 is 4.74 Å². The van der Waals surface area contributed by atoms with Crippen LogP contribution in [0.1, 0.15) is 22.3 Å². The van der Waals surface area contributed by atoms with Crippen LogP contribution in [0.25, 0.3) is 66.5 Å². The second-order valence-electron chi connectivity index (χ2n) is 13.6. The van der Waals surface area contributed by atoms with Crippen molar-refractivity contribution >= 4 is 21.4 Å². The minimum atomic E-state index is -0.531. The van der Waals surface area contributed by atoms with Gasteiger partial charge in [-0.05, 0) is 80.5 Å². The maximum atomic E-state index is 6.71. The zero-order chi connectivity index (χ0) is 34.9. The summed E-state index contributed by atoms with van der Waals surface area (Å²) in [5.74, 6) is 3.71. The molecule has 2 aromatic heterocycles. The fraction of sp³-hybridized carbons (Fsp3) is 0.0208. The molecule has 0 N–H and O–H groups in total. The Hall–Kier alpha value is -6.69. The zero-order valence-corrected chi connectivity index (χ0v) is 29.2. The number of benzene rings is 7. The molecule has 2 aliphatic rings. The van der Waals surface area contributed by atoms with Crippen molar-refractivity contribution in [2.24, 2.45) is 0 Å². The first-order valence-corrected chi connectivity index (χ1v) is 18.6. The average molecular weight is 696 g/mol. The third-order valence-corrected chi connectivity index (χ3v) is 11.6. The monoisotopic (exact) mass is 695 g/mol. The molecule has 248 valence electrons. The molecule has 0 amide bonds. The Balaban J connectivity index is 1.06. The molecule has 4 nitrogen and oxygen atoms in total. The Morgan fingerprint density at radius 1 is 0.396 bits per heavy atom. The highest BCUT2D eigenvalue weighted by atomic mass is 32.1. The van der Waals surface area contributed by atoms with Crippen molar-refractivity contribution in [3.8, 4) is 67.9 Å². The van der Waals surface area contributed by atoms with Gasteiger partial charge in [0.25, 0.3) is 0 Å². The standard InChI is InChI=1S/C48H29N3OS/c1-3-11-31(12-4-1)45-49-46(32-13-5-2-6-14-32)51-47(50-45)33-21-19-30(20-22-33)34-23-24-43-41(28-34)48(39-17-9-10-18-42(39)52-43)38-16-8-7-15-36(38)37-27-35-25-26-53-44(35)29-40(37)48/h1-29H. The fourth-order valence-corrected chi connectivity index (χ4v) is 9.09. The van der Waals surface area contributed by atoms with Crippen LogP contribution in [-0.4, -0.2) is 15.0 Å². The predicted octanol–water partition coefficient (Wildman–Crippen LogP) is 12.2. The number of hydrogen-bond acceptors (Lipinski definition) is 5. The van der Waals surface area contributed by atoms with Crippen LogP contribution < -0.4 is 4.74 Å². The molecule has 0 fully saturated rings. The van der Waals surface area contributed by atoms with Crippen LogP contribution in [-0.2, 0) is 5.41 Å². The molecule has 1 unspecified atom stereocenters. The molecule has 0 saturated heterocycles. The number of ether oxygens (including phenoxy) is 1. The Kier molecular flexibility index (Phi) is 6.60. The summed E-state index contributed by atoms with van der Waals surface area (Å²) in [6, 6.07) is 59.9. The van der Waals surface area contributed by atoms with Crippen molar-refractivity contribution in [3.05, 3.63) is 197 Å². The van der Waals surface area contributed by atoms with E-state index in [2.05, 4.69) is 115 Å². The van der Waals surface area contributed by atoms with E-state index in [-0.39, 0.29) is 0 Å². The van der Waals surface area contributed by atoms with Gasteiger partial charge in [-0.15, -0.1) is 11.3 Å². The average Bonchev–Trinajstić information content (AvgIpc) is 3.81. The van der Waals surface area contributed by atoms with Gasteiger partial charge in [-0.1, -0.05) is 133 Å². The maximum absolute atomic E-state index is 6.71. The number of para-hydroxylation sites is 1. The van der Waals surface area contributed by atoms with Crippen LogP contribution >= 0.6 is 11.3 Å². The quantitative estimate of drug-likeness (QED) is 0.184. The summed E-state index contributed by atoms with van der Waals surface area (Å²) >= 11 is 1.80. The van der Waals surface area contributed by atoms with Crippen molar-refractivity contribution in [1.29, 1.82) is 0 Å². The van der Waals surface area contributed by atoms with Gasteiger partial charge in [0.1, 0.15) is 11.5 Å². The number of hydrogen-bond donors (Lipinski definition) is 0. The van der Waals surface area contributed by atoms with Crippen LogP contribution in [0.5, 0.6) is 11.5 Å². The lowest BCUT2D eigenvalue weighted by atomic mass is 9.65. The van der Waals surface area contributed by atoms with E-state index in [4.69, 9.17) is 19.7 Å². The SMILES string of the molecule is c1ccc(-c2nc(-c3ccccc3)nc(-c3ccc(-c4ccc5c(c4)C4(c6ccccc6O5)c5ccccc5-c5cc6ccsc6cc54)cc3)n2)cc1. The molecular weight excluding hydrogens is 667 g/mol. The molecule has 0 radical (unpaired) electrons. The lowest BCUT2D eigenvalue weighted by Gasteiger charge is -2.39. The Labute approximate surface area is 310 Å². The van der Waals surface area contributed by atoms with Crippen LogP contribution in [0, 0.1) is 0 Å². The highest BCUT2D eigenvalue weighted by Crippen LogP contribution is 2.63. The molecule has 9 aromatic rings. The number of fused-ring (bicyclic) bond motifs is 10. The normalized spacial score (nSPS) is 15.0. The summed E-state index contributed by atoms with van der Waals surface area (Å²) in [5, 5.41) is 3.47. The van der Waals surface area contributed by atoms with E-state index in [9.17, 15) is 0 Å². The molecule has 3 heterocycles. The molecule has 7 aromatic carbocycles. The molecular formula is C48H29N3OS. The summed E-state index contributed by atoms with van der Waals surface area (Å²) in [6.45, 7) is 0. The second kappa shape index (κ2) is 11.7. The smallest absolute Gasteiger partial charge is 0.164 e. The third-order valence-electron chi connectivity index (χ3n) is 10.7. The van der Waals surface area contributed by atoms with E-state index >= 15 is 0 Å². The summed E-state index contributed by atoms with van der Waals surface area (Å²) in [4.78, 5) is 14.8. The van der Waals surface area contributed by atoms with E-state index < -0.39 is 5.41 Å². The van der Waals surface area contributed by atoms with Crippen LogP contribution in [0.3, 0.4) is 0 Å². The fourth-order valence-electron chi connectivity index (χ4n) is 8.28. The van der Waals surface area contributed by atoms with Crippen molar-refractivity contribution in [2.75, 3.05) is 0 Å². The molecule has 11 rings (SSSR count). The summed E-state index contributed by atoms with van der Waals surface area (Å²) in [5.41, 5.74) is 12.0. The lowest BCUT2D eigenvalue weighted by Crippen LogP contribution is -2.32. The summed E-state index contributed by atoms with van der Waals surface area (Å²) in [6.07, 6.45) is 0. The number of rotatable bonds is 4. The lowest BCUT2D eigenvalue weighted by molar-refractivity contribution is 0.436. The topological polar surface area (TPSA) is 47.9 Å². The van der Waals surface area contributed by atoms with E-state index in [0.29, 0.717) is 17.5 Å². The zero-order valence-electron chi connectivity index (χ0n) is 28.4. The van der Waals surface area contributed by atoms with Gasteiger partial charge in [-0.25, -0.2) is 15.0 Å². The molecule has 1 atom stereocenters. The predicted molar refractivity (Wildman–Crippen MR) is 214 cm³/mol. The minimum Gasteiger partial charge on any atom is -0.457 e. The molecule has 1 aliphatic heterocycles. The molecule has 5 heteroatoms. The van der Waals surface area contributed by atoms with E-state index in [0.717, 1.165) is 44.9 Å². The highest BCUT2D eigenvalue weighted by molar-refractivity contribution is 7.17. The van der Waals surface area contributed by atoms with Gasteiger partial charge in [0, 0.05) is 32.5 Å². The second-order valence-corrected chi connectivity index (χ2v) is 14.5. The Morgan fingerprint density at radius 2 is 0.962 bits per heavy atom. The largest absolute Gasteiger partial charge is 0.457 e. The molecule has 53 heavy (non-hydrogen) atoms. The number of thiophene rings is 1. The van der Waals surface area contributed by atoms with E-state index in [1.807, 2.05) is 60.7 Å². The van der Waals surface area contributed by atoms with Crippen LogP contribution in [0.2, 0.25) is 0 Å². The van der Waals surface area contributed by atoms with Gasteiger partial charge in [0.05, 0.1) is 5.41 Å². The van der Waals surface area contributed by atoms with Gasteiger partial charge in [-0.2, -0.15) is 0 Å². The van der Waals surface area contributed by atoms with Crippen LogP contribution in [0.15, 0.2) is 175 Å². The summed E-state index contributed by atoms with van der Waals surface area (Å²) in [7, 11) is 0. The van der Waals surface area contributed by atoms with Crippen molar-refractivity contribution in [1.82, 2.24) is 15.0 Å². The van der Waals surface area contributed by atoms with Gasteiger partial charge >= 0.3 is 0 Å². The number of nitrogens with zero attached hydrogens (tertiary/aromatic N) is 3. The van der Waals surface area contributed by atoms with Gasteiger partial charge in [0.15, 0.2) is 17.5 Å².